The number of carbonyl (C=O) groups is 3. The minimum atomic E-state index is -6.02. The van der Waals surface area contributed by atoms with Crippen molar-refractivity contribution in [1.29, 1.82) is 0 Å². The molecule has 0 aromatic heterocycles. The highest BCUT2D eigenvalue weighted by Crippen LogP contribution is 2.40. The predicted molar refractivity (Wildman–Crippen MR) is 113 cm³/mol. The smallest absolute Gasteiger partial charge is 0.460 e. The van der Waals surface area contributed by atoms with Gasteiger partial charge in [-0.1, -0.05) is 27.2 Å². The molecule has 0 heterocycles. The fourth-order valence-electron chi connectivity index (χ4n) is 3.15. The molecule has 0 aliphatic heterocycles. The van der Waals surface area contributed by atoms with Crippen molar-refractivity contribution in [2.45, 2.75) is 76.9 Å². The average Bonchev–Trinajstić information content (AvgIpc) is 2.86. The van der Waals surface area contributed by atoms with Crippen LogP contribution in [0.5, 0.6) is 0 Å². The van der Waals surface area contributed by atoms with Gasteiger partial charge < -0.3 is 14.2 Å². The van der Waals surface area contributed by atoms with E-state index in [-0.39, 0.29) is 19.4 Å². The van der Waals surface area contributed by atoms with Crippen molar-refractivity contribution in [3.8, 4) is 0 Å². The first-order valence-electron chi connectivity index (χ1n) is 11.7. The first kappa shape index (κ1) is 37.6. The Bertz CT molecular complexity index is 774. The number of halogens is 10. The fraction of sp³-hybridized carbons (Fsp3) is 0.864. The van der Waals surface area contributed by atoms with E-state index < -0.39 is 93.1 Å². The molecule has 0 amide bonds. The molecule has 0 N–H and O–H groups in total. The van der Waals surface area contributed by atoms with Crippen LogP contribution in [0, 0.1) is 11.3 Å². The van der Waals surface area contributed by atoms with Gasteiger partial charge in [-0.05, 0) is 31.1 Å². The van der Waals surface area contributed by atoms with Crippen LogP contribution in [-0.2, 0) is 38.1 Å². The SMILES string of the molecule is CCC(C)C(=O)OCCC(CC)(CCOC(=O)C(F)(OCF)C(F)(F)F)CCOC(=O)C(F)(OCF)C(F)(F)F. The third-order valence-electron chi connectivity index (χ3n) is 6.13. The van der Waals surface area contributed by atoms with Crippen molar-refractivity contribution in [3.05, 3.63) is 0 Å². The second kappa shape index (κ2) is 15.6. The lowest BCUT2D eigenvalue weighted by atomic mass is 9.76. The molecule has 18 heteroatoms. The highest BCUT2D eigenvalue weighted by molar-refractivity contribution is 5.79. The Morgan fingerprint density at radius 2 is 1.00 bits per heavy atom. The Balaban J connectivity index is 5.68. The second-order valence-corrected chi connectivity index (χ2v) is 8.55. The Hall–Kier alpha value is -2.37. The molecule has 0 aromatic rings. The Labute approximate surface area is 222 Å². The largest absolute Gasteiger partial charge is 0.465 e. The third kappa shape index (κ3) is 9.92. The van der Waals surface area contributed by atoms with Gasteiger partial charge in [-0.15, -0.1) is 0 Å². The summed E-state index contributed by atoms with van der Waals surface area (Å²) in [5.74, 6) is -16.7. The molecule has 0 saturated carbocycles. The van der Waals surface area contributed by atoms with Gasteiger partial charge in [0.05, 0.1) is 25.7 Å². The monoisotopic (exact) mass is 612 g/mol. The maximum absolute atomic E-state index is 14.0. The van der Waals surface area contributed by atoms with Gasteiger partial charge in [0.15, 0.2) is 13.7 Å². The molecular weight excluding hydrogens is 582 g/mol. The van der Waals surface area contributed by atoms with Crippen LogP contribution in [0.1, 0.15) is 52.9 Å². The first-order valence-corrected chi connectivity index (χ1v) is 11.7. The van der Waals surface area contributed by atoms with Gasteiger partial charge in [0.1, 0.15) is 0 Å². The molecule has 0 saturated heterocycles. The lowest BCUT2D eigenvalue weighted by Crippen LogP contribution is -2.51. The lowest BCUT2D eigenvalue weighted by molar-refractivity contribution is -0.331. The number of carbonyl (C=O) groups excluding carboxylic acids is 3. The molecule has 0 fully saturated rings. The first-order chi connectivity index (χ1) is 18.3. The van der Waals surface area contributed by atoms with Gasteiger partial charge in [0.2, 0.25) is 0 Å². The third-order valence-corrected chi connectivity index (χ3v) is 6.13. The quantitative estimate of drug-likeness (QED) is 0.113. The van der Waals surface area contributed by atoms with E-state index in [1.807, 2.05) is 0 Å². The van der Waals surface area contributed by atoms with E-state index in [1.165, 1.54) is 6.92 Å². The molecule has 236 valence electrons. The van der Waals surface area contributed by atoms with Crippen molar-refractivity contribution in [1.82, 2.24) is 0 Å². The number of hydrogen-bond donors (Lipinski definition) is 0. The summed E-state index contributed by atoms with van der Waals surface area (Å²) in [5.41, 5.74) is -1.33. The minimum absolute atomic E-state index is 0.0228. The minimum Gasteiger partial charge on any atom is -0.465 e. The zero-order valence-corrected chi connectivity index (χ0v) is 21.7. The summed E-state index contributed by atoms with van der Waals surface area (Å²) < 4.78 is 150. The van der Waals surface area contributed by atoms with E-state index in [1.54, 1.807) is 13.8 Å². The summed E-state index contributed by atoms with van der Waals surface area (Å²) in [6.07, 6.45) is -12.8. The topological polar surface area (TPSA) is 97.4 Å². The van der Waals surface area contributed by atoms with E-state index in [0.717, 1.165) is 0 Å². The lowest BCUT2D eigenvalue weighted by Gasteiger charge is -2.33. The van der Waals surface area contributed by atoms with Crippen molar-refractivity contribution in [2.24, 2.45) is 11.3 Å². The van der Waals surface area contributed by atoms with Crippen LogP contribution < -0.4 is 0 Å². The highest BCUT2D eigenvalue weighted by atomic mass is 19.4. The Morgan fingerprint density at radius 3 is 1.27 bits per heavy atom. The summed E-state index contributed by atoms with van der Waals surface area (Å²) in [6, 6.07) is 0. The zero-order chi connectivity index (χ0) is 31.4. The molecule has 0 aliphatic rings. The number of ether oxygens (including phenoxy) is 5. The molecule has 3 unspecified atom stereocenters. The summed E-state index contributed by atoms with van der Waals surface area (Å²) in [6.45, 7) is -2.34. The average molecular weight is 612 g/mol. The van der Waals surface area contributed by atoms with Gasteiger partial charge in [-0.3, -0.25) is 14.3 Å². The standard InChI is InChI=1S/C22H30F10O8/c1-4-14(3)15(33)36-9-6-18(5-2,7-10-37-16(34)19(25,39-12-23)21(27,28)29)8-11-38-17(35)20(26,40-13-24)22(30,31)32/h14H,4-13H2,1-3H3. The van der Waals surface area contributed by atoms with Gasteiger partial charge in [-0.2, -0.15) is 35.1 Å². The molecule has 0 radical (unpaired) electrons. The maximum Gasteiger partial charge on any atom is 0.460 e. The molecule has 0 aromatic carbocycles. The van der Waals surface area contributed by atoms with Crippen molar-refractivity contribution >= 4 is 17.9 Å². The van der Waals surface area contributed by atoms with Crippen LogP contribution >= 0.6 is 0 Å². The zero-order valence-electron chi connectivity index (χ0n) is 21.7. The van der Waals surface area contributed by atoms with E-state index in [4.69, 9.17) is 4.74 Å². The predicted octanol–water partition coefficient (Wildman–Crippen LogP) is 5.57. The summed E-state index contributed by atoms with van der Waals surface area (Å²) in [4.78, 5) is 35.4. The highest BCUT2D eigenvalue weighted by Gasteiger charge is 2.66. The number of hydrogen-bond acceptors (Lipinski definition) is 8. The number of rotatable bonds is 18. The summed E-state index contributed by atoms with van der Waals surface area (Å²) in [5, 5.41) is 0. The second-order valence-electron chi connectivity index (χ2n) is 8.55. The molecule has 0 aliphatic carbocycles. The van der Waals surface area contributed by atoms with E-state index >= 15 is 0 Å². The van der Waals surface area contributed by atoms with Crippen molar-refractivity contribution in [2.75, 3.05) is 33.5 Å². The molecule has 0 bridgehead atoms. The fourth-order valence-corrected chi connectivity index (χ4v) is 3.15. The molecule has 40 heavy (non-hydrogen) atoms. The van der Waals surface area contributed by atoms with Crippen LogP contribution in [-0.4, -0.2) is 75.5 Å². The number of esters is 3. The van der Waals surface area contributed by atoms with Crippen LogP contribution in [0.25, 0.3) is 0 Å². The molecule has 8 nitrogen and oxygen atoms in total. The normalized spacial score (nSPS) is 17.6. The maximum atomic E-state index is 14.0. The van der Waals surface area contributed by atoms with Crippen molar-refractivity contribution < 1.29 is 82.0 Å². The molecular formula is C22H30F10O8. The number of alkyl halides is 10. The van der Waals surface area contributed by atoms with E-state index in [0.29, 0.717) is 6.42 Å². The van der Waals surface area contributed by atoms with Crippen LogP contribution in [0.2, 0.25) is 0 Å². The van der Waals surface area contributed by atoms with Crippen molar-refractivity contribution in [3.63, 3.8) is 0 Å². The Morgan fingerprint density at radius 1 is 0.650 bits per heavy atom. The van der Waals surface area contributed by atoms with Crippen LogP contribution in [0.15, 0.2) is 0 Å². The van der Waals surface area contributed by atoms with E-state index in [2.05, 4.69) is 18.9 Å². The van der Waals surface area contributed by atoms with E-state index in [9.17, 15) is 58.3 Å². The van der Waals surface area contributed by atoms with Gasteiger partial charge in [0.25, 0.3) is 0 Å². The molecule has 3 atom stereocenters. The van der Waals surface area contributed by atoms with Gasteiger partial charge in [0, 0.05) is 0 Å². The Kier molecular flexibility index (Phi) is 14.7. The molecule has 0 rings (SSSR count). The molecule has 0 spiro atoms. The van der Waals surface area contributed by atoms with Gasteiger partial charge in [-0.25, -0.2) is 18.4 Å². The van der Waals surface area contributed by atoms with Crippen LogP contribution in [0.4, 0.5) is 43.9 Å². The van der Waals surface area contributed by atoms with Gasteiger partial charge >= 0.3 is 42.0 Å². The summed E-state index contributed by atoms with van der Waals surface area (Å²) in [7, 11) is 0. The summed E-state index contributed by atoms with van der Waals surface area (Å²) >= 11 is 0. The van der Waals surface area contributed by atoms with Crippen LogP contribution in [0.3, 0.4) is 0 Å².